The molecule has 0 fully saturated rings. The van der Waals surface area contributed by atoms with Crippen molar-refractivity contribution in [1.29, 1.82) is 0 Å². The molecule has 0 saturated heterocycles. The van der Waals surface area contributed by atoms with Gasteiger partial charge in [0, 0.05) is 23.6 Å². The minimum Gasteiger partial charge on any atom is -0.346 e. The minimum absolute atomic E-state index is 0.0318. The van der Waals surface area contributed by atoms with Crippen LogP contribution < -0.4 is 11.1 Å². The third kappa shape index (κ3) is 3.37. The molecule has 1 heterocycles. The number of nitrogens with one attached hydrogen (secondary N) is 1. The van der Waals surface area contributed by atoms with Crippen molar-refractivity contribution < 1.29 is 13.6 Å². The molecule has 1 aromatic heterocycles. The van der Waals surface area contributed by atoms with Crippen LogP contribution in [0.15, 0.2) is 23.6 Å². The van der Waals surface area contributed by atoms with E-state index < -0.39 is 17.5 Å². The zero-order valence-electron chi connectivity index (χ0n) is 10.7. The van der Waals surface area contributed by atoms with E-state index in [1.165, 1.54) is 17.4 Å². The quantitative estimate of drug-likeness (QED) is 0.910. The summed E-state index contributed by atoms with van der Waals surface area (Å²) in [6.07, 6.45) is 0. The van der Waals surface area contributed by atoms with E-state index in [9.17, 15) is 13.6 Å². The molecule has 0 radical (unpaired) electrons. The largest absolute Gasteiger partial charge is 0.346 e. The maximum atomic E-state index is 13.4. The number of hydrogen-bond donors (Lipinski definition) is 2. The van der Waals surface area contributed by atoms with E-state index in [-0.39, 0.29) is 23.8 Å². The van der Waals surface area contributed by atoms with Gasteiger partial charge in [-0.15, -0.1) is 11.3 Å². The Morgan fingerprint density at radius 3 is 2.85 bits per heavy atom. The van der Waals surface area contributed by atoms with Crippen molar-refractivity contribution in [2.75, 3.05) is 0 Å². The first-order chi connectivity index (χ1) is 9.47. The molecule has 1 amide bonds. The van der Waals surface area contributed by atoms with Gasteiger partial charge in [-0.3, -0.25) is 4.79 Å². The van der Waals surface area contributed by atoms with Crippen molar-refractivity contribution in [3.8, 4) is 0 Å². The van der Waals surface area contributed by atoms with E-state index in [1.807, 2.05) is 0 Å². The summed E-state index contributed by atoms with van der Waals surface area (Å²) in [5.41, 5.74) is 6.11. The van der Waals surface area contributed by atoms with Crippen LogP contribution in [0.25, 0.3) is 0 Å². The van der Waals surface area contributed by atoms with E-state index >= 15 is 0 Å². The Balaban J connectivity index is 2.01. The van der Waals surface area contributed by atoms with Crippen LogP contribution in [0.4, 0.5) is 8.78 Å². The maximum Gasteiger partial charge on any atom is 0.271 e. The van der Waals surface area contributed by atoms with Gasteiger partial charge in [-0.2, -0.15) is 0 Å². The Labute approximate surface area is 118 Å². The van der Waals surface area contributed by atoms with Gasteiger partial charge < -0.3 is 11.1 Å². The second-order valence-electron chi connectivity index (χ2n) is 4.28. The molecule has 0 bridgehead atoms. The van der Waals surface area contributed by atoms with Crippen molar-refractivity contribution in [2.45, 2.75) is 19.5 Å². The number of carbonyl (C=O) groups excluding carboxylic acids is 1. The monoisotopic (exact) mass is 297 g/mol. The van der Waals surface area contributed by atoms with Gasteiger partial charge >= 0.3 is 0 Å². The standard InChI is InChI=1S/C13H13F2N3OS/c1-7(16)13-18-11(6-20-13)12(19)17-5-8-2-3-9(14)4-10(8)15/h2-4,6-7H,5,16H2,1H3,(H,17,19). The number of nitrogens with zero attached hydrogens (tertiary/aromatic N) is 1. The molecule has 3 N–H and O–H groups in total. The summed E-state index contributed by atoms with van der Waals surface area (Å²) in [5, 5.41) is 4.78. The third-order valence-electron chi connectivity index (χ3n) is 2.60. The van der Waals surface area contributed by atoms with Crippen LogP contribution in [0.3, 0.4) is 0 Å². The Kier molecular flexibility index (Phi) is 4.41. The number of hydrogen-bond acceptors (Lipinski definition) is 4. The van der Waals surface area contributed by atoms with Gasteiger partial charge in [0.1, 0.15) is 22.3 Å². The molecule has 106 valence electrons. The lowest BCUT2D eigenvalue weighted by atomic mass is 10.2. The van der Waals surface area contributed by atoms with Crippen molar-refractivity contribution in [2.24, 2.45) is 5.73 Å². The number of carbonyl (C=O) groups is 1. The summed E-state index contributed by atoms with van der Waals surface area (Å²) in [6, 6.07) is 2.97. The summed E-state index contributed by atoms with van der Waals surface area (Å²) in [6.45, 7) is 1.74. The Hall–Kier alpha value is -1.86. The molecule has 2 aromatic rings. The number of benzene rings is 1. The van der Waals surface area contributed by atoms with E-state index in [0.717, 1.165) is 12.1 Å². The first-order valence-corrected chi connectivity index (χ1v) is 6.78. The lowest BCUT2D eigenvalue weighted by Crippen LogP contribution is -2.23. The highest BCUT2D eigenvalue weighted by Crippen LogP contribution is 2.16. The highest BCUT2D eigenvalue weighted by atomic mass is 32.1. The zero-order valence-corrected chi connectivity index (χ0v) is 11.5. The van der Waals surface area contributed by atoms with E-state index in [0.29, 0.717) is 5.01 Å². The summed E-state index contributed by atoms with van der Waals surface area (Å²) in [7, 11) is 0. The molecular weight excluding hydrogens is 284 g/mol. The Morgan fingerprint density at radius 2 is 2.25 bits per heavy atom. The molecule has 1 atom stereocenters. The summed E-state index contributed by atoms with van der Waals surface area (Å²) < 4.78 is 26.1. The van der Waals surface area contributed by atoms with Crippen LogP contribution in [0.1, 0.15) is 34.0 Å². The number of rotatable bonds is 4. The number of aromatic nitrogens is 1. The summed E-state index contributed by atoms with van der Waals surface area (Å²) >= 11 is 1.29. The van der Waals surface area contributed by atoms with Crippen LogP contribution in [-0.2, 0) is 6.54 Å². The van der Waals surface area contributed by atoms with Crippen LogP contribution >= 0.6 is 11.3 Å². The summed E-state index contributed by atoms with van der Waals surface area (Å²) in [4.78, 5) is 15.9. The topological polar surface area (TPSA) is 68.0 Å². The summed E-state index contributed by atoms with van der Waals surface area (Å²) in [5.74, 6) is -1.77. The molecule has 2 rings (SSSR count). The fourth-order valence-corrected chi connectivity index (χ4v) is 2.29. The highest BCUT2D eigenvalue weighted by Gasteiger charge is 2.13. The van der Waals surface area contributed by atoms with Crippen LogP contribution in [0.5, 0.6) is 0 Å². The third-order valence-corrected chi connectivity index (χ3v) is 3.64. The molecular formula is C13H13F2N3OS. The minimum atomic E-state index is -0.695. The average molecular weight is 297 g/mol. The number of halogens is 2. The predicted octanol–water partition coefficient (Wildman–Crippen LogP) is 2.37. The van der Waals surface area contributed by atoms with Crippen molar-refractivity contribution in [3.63, 3.8) is 0 Å². The molecule has 0 aliphatic rings. The van der Waals surface area contributed by atoms with E-state index in [4.69, 9.17) is 5.73 Å². The predicted molar refractivity (Wildman–Crippen MR) is 72.2 cm³/mol. The normalized spacial score (nSPS) is 12.2. The van der Waals surface area contributed by atoms with Gasteiger partial charge in [-0.25, -0.2) is 13.8 Å². The van der Waals surface area contributed by atoms with Gasteiger partial charge in [-0.05, 0) is 13.0 Å². The van der Waals surface area contributed by atoms with Gasteiger partial charge in [0.2, 0.25) is 0 Å². The van der Waals surface area contributed by atoms with E-state index in [1.54, 1.807) is 12.3 Å². The highest BCUT2D eigenvalue weighted by molar-refractivity contribution is 7.09. The van der Waals surface area contributed by atoms with Gasteiger partial charge in [0.05, 0.1) is 6.04 Å². The smallest absolute Gasteiger partial charge is 0.271 e. The first kappa shape index (κ1) is 14.5. The average Bonchev–Trinajstić information content (AvgIpc) is 2.87. The fourth-order valence-electron chi connectivity index (χ4n) is 1.53. The molecule has 1 aromatic carbocycles. The number of thiazole rings is 1. The molecule has 0 aliphatic heterocycles. The Bertz CT molecular complexity index is 628. The van der Waals surface area contributed by atoms with Crippen LogP contribution in [0.2, 0.25) is 0 Å². The zero-order chi connectivity index (χ0) is 14.7. The number of nitrogens with two attached hydrogens (primary N) is 1. The van der Waals surface area contributed by atoms with Crippen LogP contribution in [0, 0.1) is 11.6 Å². The van der Waals surface area contributed by atoms with Crippen molar-refractivity contribution in [1.82, 2.24) is 10.3 Å². The number of amides is 1. The SMILES string of the molecule is CC(N)c1nc(C(=O)NCc2ccc(F)cc2F)cs1. The second kappa shape index (κ2) is 6.06. The molecule has 0 spiro atoms. The van der Waals surface area contributed by atoms with Crippen molar-refractivity contribution in [3.05, 3.63) is 51.5 Å². The van der Waals surface area contributed by atoms with Gasteiger partial charge in [0.15, 0.2) is 0 Å². The first-order valence-electron chi connectivity index (χ1n) is 5.90. The molecule has 4 nitrogen and oxygen atoms in total. The van der Waals surface area contributed by atoms with E-state index in [2.05, 4.69) is 10.3 Å². The van der Waals surface area contributed by atoms with Gasteiger partial charge in [0.25, 0.3) is 5.91 Å². The Morgan fingerprint density at radius 1 is 1.50 bits per heavy atom. The van der Waals surface area contributed by atoms with Crippen molar-refractivity contribution >= 4 is 17.2 Å². The molecule has 1 unspecified atom stereocenters. The fraction of sp³-hybridized carbons (Fsp3) is 0.231. The second-order valence-corrected chi connectivity index (χ2v) is 5.17. The van der Waals surface area contributed by atoms with Gasteiger partial charge in [-0.1, -0.05) is 6.07 Å². The van der Waals surface area contributed by atoms with Crippen LogP contribution in [-0.4, -0.2) is 10.9 Å². The lowest BCUT2D eigenvalue weighted by molar-refractivity contribution is 0.0946. The lowest BCUT2D eigenvalue weighted by Gasteiger charge is -2.05. The maximum absolute atomic E-state index is 13.4. The molecule has 20 heavy (non-hydrogen) atoms. The molecule has 0 saturated carbocycles. The molecule has 7 heteroatoms. The molecule has 0 aliphatic carbocycles.